The zero-order valence-electron chi connectivity index (χ0n) is 20.0. The van der Waals surface area contributed by atoms with Crippen molar-refractivity contribution in [3.63, 3.8) is 0 Å². The minimum absolute atomic E-state index is 0.000928. The van der Waals surface area contributed by atoms with E-state index in [0.29, 0.717) is 22.9 Å². The molecule has 1 amide bonds. The van der Waals surface area contributed by atoms with E-state index in [0.717, 1.165) is 22.0 Å². The van der Waals surface area contributed by atoms with Gasteiger partial charge in [0.2, 0.25) is 0 Å². The zero-order chi connectivity index (χ0) is 27.0. The second-order valence-electron chi connectivity index (χ2n) is 8.08. The molecule has 0 atom stereocenters. The average Bonchev–Trinajstić information content (AvgIpc) is 2.93. The largest absolute Gasteiger partial charge is 0.489 e. The summed E-state index contributed by atoms with van der Waals surface area (Å²) in [5.41, 5.74) is 4.15. The maximum absolute atomic E-state index is 13.4. The monoisotopic (exact) mass is 551 g/mol. The quantitative estimate of drug-likeness (QED) is 0.211. The van der Waals surface area contributed by atoms with Crippen LogP contribution in [0.2, 0.25) is 5.02 Å². The SMILES string of the molecule is O=C(CN(c1ccc(F)cc1)S(=O)(=O)c1ccccc1)N/N=C\c1ccc(OCc2ccc(Cl)cc2)cc1. The number of hydrogen-bond acceptors (Lipinski definition) is 5. The molecule has 0 saturated heterocycles. The summed E-state index contributed by atoms with van der Waals surface area (Å²) in [6, 6.07) is 26.9. The van der Waals surface area contributed by atoms with Crippen molar-refractivity contribution >= 4 is 39.4 Å². The third-order valence-corrected chi connectivity index (χ3v) is 7.37. The Labute approximate surface area is 225 Å². The molecule has 4 aromatic carbocycles. The minimum atomic E-state index is -4.09. The average molecular weight is 552 g/mol. The summed E-state index contributed by atoms with van der Waals surface area (Å²) in [4.78, 5) is 12.6. The summed E-state index contributed by atoms with van der Waals surface area (Å²) in [5, 5.41) is 4.59. The van der Waals surface area contributed by atoms with Crippen molar-refractivity contribution in [2.75, 3.05) is 10.8 Å². The highest BCUT2D eigenvalue weighted by atomic mass is 35.5. The van der Waals surface area contributed by atoms with Crippen LogP contribution >= 0.6 is 11.6 Å². The van der Waals surface area contributed by atoms with Crippen molar-refractivity contribution in [3.8, 4) is 5.75 Å². The van der Waals surface area contributed by atoms with Gasteiger partial charge in [-0.1, -0.05) is 41.9 Å². The molecule has 0 aliphatic heterocycles. The number of nitrogens with one attached hydrogen (secondary N) is 1. The molecular formula is C28H23ClFN3O4S. The zero-order valence-corrected chi connectivity index (χ0v) is 21.6. The first-order valence-corrected chi connectivity index (χ1v) is 13.3. The lowest BCUT2D eigenvalue weighted by atomic mass is 10.2. The predicted molar refractivity (Wildman–Crippen MR) is 145 cm³/mol. The highest BCUT2D eigenvalue weighted by Gasteiger charge is 2.27. The molecule has 0 aromatic heterocycles. The van der Waals surface area contributed by atoms with Gasteiger partial charge in [0.1, 0.15) is 24.7 Å². The van der Waals surface area contributed by atoms with Crippen molar-refractivity contribution in [3.05, 3.63) is 125 Å². The fourth-order valence-corrected chi connectivity index (χ4v) is 4.95. The molecule has 0 bridgehead atoms. The number of hydrogen-bond donors (Lipinski definition) is 1. The molecule has 0 aliphatic rings. The minimum Gasteiger partial charge on any atom is -0.489 e. The van der Waals surface area contributed by atoms with E-state index in [2.05, 4.69) is 10.5 Å². The summed E-state index contributed by atoms with van der Waals surface area (Å²) in [6.45, 7) is -0.172. The number of hydrazone groups is 1. The fourth-order valence-electron chi connectivity index (χ4n) is 3.38. The van der Waals surface area contributed by atoms with Crippen molar-refractivity contribution in [1.29, 1.82) is 0 Å². The maximum Gasteiger partial charge on any atom is 0.264 e. The van der Waals surface area contributed by atoms with Crippen LogP contribution in [0, 0.1) is 5.82 Å². The first-order valence-electron chi connectivity index (χ1n) is 11.4. The van der Waals surface area contributed by atoms with Gasteiger partial charge in [-0.05, 0) is 83.9 Å². The van der Waals surface area contributed by atoms with E-state index in [4.69, 9.17) is 16.3 Å². The van der Waals surface area contributed by atoms with E-state index >= 15 is 0 Å². The van der Waals surface area contributed by atoms with Gasteiger partial charge in [-0.25, -0.2) is 18.2 Å². The van der Waals surface area contributed by atoms with Gasteiger partial charge in [-0.3, -0.25) is 9.10 Å². The fraction of sp³-hybridized carbons (Fsp3) is 0.0714. The van der Waals surface area contributed by atoms with Crippen LogP contribution in [-0.2, 0) is 21.4 Å². The number of benzene rings is 4. The van der Waals surface area contributed by atoms with E-state index in [9.17, 15) is 17.6 Å². The van der Waals surface area contributed by atoms with Crippen molar-refractivity contribution in [2.45, 2.75) is 11.5 Å². The Morgan fingerprint density at radius 2 is 1.58 bits per heavy atom. The number of ether oxygens (including phenoxy) is 1. The lowest BCUT2D eigenvalue weighted by molar-refractivity contribution is -0.119. The molecular weight excluding hydrogens is 529 g/mol. The van der Waals surface area contributed by atoms with Gasteiger partial charge in [0.15, 0.2) is 0 Å². The number of halogens is 2. The van der Waals surface area contributed by atoms with Crippen molar-refractivity contribution < 1.29 is 22.3 Å². The standard InChI is InChI=1S/C28H23ClFN3O4S/c29-23-10-6-22(7-11-23)20-37-26-16-8-21(9-17-26)18-31-32-28(34)19-33(25-14-12-24(30)13-15-25)38(35,36)27-4-2-1-3-5-27/h1-18H,19-20H2,(H,32,34)/b31-18-. The predicted octanol–water partition coefficient (Wildman–Crippen LogP) is 5.40. The number of sulfonamides is 1. The molecule has 0 heterocycles. The van der Waals surface area contributed by atoms with E-state index in [1.165, 1.54) is 30.5 Å². The number of carbonyl (C=O) groups excluding carboxylic acids is 1. The Morgan fingerprint density at radius 3 is 2.24 bits per heavy atom. The molecule has 7 nitrogen and oxygen atoms in total. The molecule has 0 spiro atoms. The van der Waals surface area contributed by atoms with Crippen LogP contribution in [0.5, 0.6) is 5.75 Å². The Morgan fingerprint density at radius 1 is 0.921 bits per heavy atom. The van der Waals surface area contributed by atoms with Crippen LogP contribution in [0.25, 0.3) is 0 Å². The number of amides is 1. The van der Waals surface area contributed by atoms with Crippen LogP contribution in [0.4, 0.5) is 10.1 Å². The third kappa shape index (κ3) is 7.18. The van der Waals surface area contributed by atoms with Gasteiger partial charge in [0.05, 0.1) is 16.8 Å². The summed E-state index contributed by atoms with van der Waals surface area (Å²) in [7, 11) is -4.09. The molecule has 10 heteroatoms. The Bertz CT molecular complexity index is 1500. The highest BCUT2D eigenvalue weighted by molar-refractivity contribution is 7.92. The smallest absolute Gasteiger partial charge is 0.264 e. The van der Waals surface area contributed by atoms with E-state index in [-0.39, 0.29) is 10.6 Å². The van der Waals surface area contributed by atoms with Crippen LogP contribution in [0.15, 0.2) is 113 Å². The van der Waals surface area contributed by atoms with Crippen LogP contribution in [0.3, 0.4) is 0 Å². The first-order chi connectivity index (χ1) is 18.3. The van der Waals surface area contributed by atoms with Gasteiger partial charge in [0, 0.05) is 5.02 Å². The van der Waals surface area contributed by atoms with Gasteiger partial charge in [-0.15, -0.1) is 0 Å². The normalized spacial score (nSPS) is 11.3. The molecule has 0 saturated carbocycles. The lowest BCUT2D eigenvalue weighted by Gasteiger charge is -2.23. The summed E-state index contributed by atoms with van der Waals surface area (Å²) < 4.78 is 46.6. The number of anilines is 1. The van der Waals surface area contributed by atoms with Crippen molar-refractivity contribution in [2.24, 2.45) is 5.10 Å². The molecule has 194 valence electrons. The van der Waals surface area contributed by atoms with Gasteiger partial charge >= 0.3 is 0 Å². The van der Waals surface area contributed by atoms with Crippen LogP contribution in [0.1, 0.15) is 11.1 Å². The van der Waals surface area contributed by atoms with Crippen LogP contribution in [-0.4, -0.2) is 27.1 Å². The number of nitrogens with zero attached hydrogens (tertiary/aromatic N) is 2. The molecule has 4 rings (SSSR count). The molecule has 38 heavy (non-hydrogen) atoms. The van der Waals surface area contributed by atoms with Crippen molar-refractivity contribution in [1.82, 2.24) is 5.43 Å². The highest BCUT2D eigenvalue weighted by Crippen LogP contribution is 2.23. The Kier molecular flexibility index (Phi) is 8.73. The Balaban J connectivity index is 1.38. The summed E-state index contributed by atoms with van der Waals surface area (Å²) >= 11 is 5.89. The molecule has 0 radical (unpaired) electrons. The molecule has 4 aromatic rings. The number of rotatable bonds is 10. The second-order valence-corrected chi connectivity index (χ2v) is 10.4. The molecule has 1 N–H and O–H groups in total. The lowest BCUT2D eigenvalue weighted by Crippen LogP contribution is -2.39. The van der Waals surface area contributed by atoms with Crippen LogP contribution < -0.4 is 14.5 Å². The maximum atomic E-state index is 13.4. The van der Waals surface area contributed by atoms with Gasteiger partial charge in [-0.2, -0.15) is 5.10 Å². The summed E-state index contributed by atoms with van der Waals surface area (Å²) in [5.74, 6) is -0.545. The third-order valence-electron chi connectivity index (χ3n) is 5.33. The first kappa shape index (κ1) is 26.8. The van der Waals surface area contributed by atoms with Gasteiger partial charge < -0.3 is 4.74 Å². The van der Waals surface area contributed by atoms with Gasteiger partial charge in [0.25, 0.3) is 15.9 Å². The Hall–Kier alpha value is -4.21. The van der Waals surface area contributed by atoms with E-state index in [1.807, 2.05) is 12.1 Å². The molecule has 0 aliphatic carbocycles. The molecule has 0 unspecified atom stereocenters. The number of carbonyl (C=O) groups is 1. The topological polar surface area (TPSA) is 88.1 Å². The second kappa shape index (κ2) is 12.4. The van der Waals surface area contributed by atoms with E-state index in [1.54, 1.807) is 54.6 Å². The molecule has 0 fully saturated rings. The summed E-state index contributed by atoms with van der Waals surface area (Å²) in [6.07, 6.45) is 1.43. The van der Waals surface area contributed by atoms with E-state index < -0.39 is 28.3 Å².